The minimum absolute atomic E-state index is 0.289. The zero-order chi connectivity index (χ0) is 9.68. The van der Waals surface area contributed by atoms with E-state index >= 15 is 0 Å². The largest absolute Gasteiger partial charge is 0.383 e. The summed E-state index contributed by atoms with van der Waals surface area (Å²) in [5.41, 5.74) is 5.95. The summed E-state index contributed by atoms with van der Waals surface area (Å²) in [6, 6.07) is 0.862. The van der Waals surface area contributed by atoms with Gasteiger partial charge in [0, 0.05) is 25.7 Å². The minimum atomic E-state index is 0.289. The summed E-state index contributed by atoms with van der Waals surface area (Å²) in [6.07, 6.45) is 3.89. The van der Waals surface area contributed by atoms with Crippen LogP contribution >= 0.6 is 0 Å². The molecule has 0 bridgehead atoms. The highest BCUT2D eigenvalue weighted by Crippen LogP contribution is 2.18. The van der Waals surface area contributed by atoms with Crippen molar-refractivity contribution >= 4 is 0 Å². The monoisotopic (exact) mass is 186 g/mol. The van der Waals surface area contributed by atoms with E-state index in [-0.39, 0.29) is 6.04 Å². The molecule has 2 atom stereocenters. The molecule has 1 saturated heterocycles. The molecular formula is C10H22N2O. The van der Waals surface area contributed by atoms with Gasteiger partial charge in [-0.05, 0) is 26.3 Å². The molecule has 0 spiro atoms. The molecule has 78 valence electrons. The first-order chi connectivity index (χ1) is 6.25. The topological polar surface area (TPSA) is 38.5 Å². The molecule has 0 radical (unpaired) electrons. The number of nitrogens with zero attached hydrogens (tertiary/aromatic N) is 1. The third-order valence-corrected chi connectivity index (χ3v) is 2.85. The standard InChI is InChI=1S/C10H22N2O/c1-9(11)10-5-3-4-6-12(10)7-8-13-2/h9-10H,3-8,11H2,1-2H3. The Kier molecular flexibility index (Phi) is 4.70. The van der Waals surface area contributed by atoms with Gasteiger partial charge in [-0.3, -0.25) is 4.90 Å². The third kappa shape index (κ3) is 3.25. The van der Waals surface area contributed by atoms with E-state index in [1.165, 1.54) is 25.8 Å². The Morgan fingerprint density at radius 1 is 1.54 bits per heavy atom. The summed E-state index contributed by atoms with van der Waals surface area (Å²) < 4.78 is 5.09. The minimum Gasteiger partial charge on any atom is -0.383 e. The van der Waals surface area contributed by atoms with Gasteiger partial charge in [0.2, 0.25) is 0 Å². The van der Waals surface area contributed by atoms with Crippen LogP contribution in [0.5, 0.6) is 0 Å². The van der Waals surface area contributed by atoms with Crippen LogP contribution in [-0.2, 0) is 4.74 Å². The Bertz CT molecular complexity index is 139. The van der Waals surface area contributed by atoms with Crippen molar-refractivity contribution < 1.29 is 4.74 Å². The van der Waals surface area contributed by atoms with Gasteiger partial charge in [0.25, 0.3) is 0 Å². The van der Waals surface area contributed by atoms with Crippen molar-refractivity contribution in [1.82, 2.24) is 4.90 Å². The Morgan fingerprint density at radius 3 is 2.92 bits per heavy atom. The van der Waals surface area contributed by atoms with E-state index < -0.39 is 0 Å². The van der Waals surface area contributed by atoms with Gasteiger partial charge in [-0.2, -0.15) is 0 Å². The van der Waals surface area contributed by atoms with Gasteiger partial charge in [-0.1, -0.05) is 6.42 Å². The van der Waals surface area contributed by atoms with Crippen LogP contribution < -0.4 is 5.73 Å². The zero-order valence-corrected chi connectivity index (χ0v) is 8.83. The van der Waals surface area contributed by atoms with E-state index in [9.17, 15) is 0 Å². The number of rotatable bonds is 4. The quantitative estimate of drug-likeness (QED) is 0.707. The van der Waals surface area contributed by atoms with Gasteiger partial charge < -0.3 is 10.5 Å². The fourth-order valence-electron chi connectivity index (χ4n) is 2.10. The summed E-state index contributed by atoms with van der Waals surface area (Å²) in [5, 5.41) is 0. The summed E-state index contributed by atoms with van der Waals surface area (Å²) in [7, 11) is 1.75. The van der Waals surface area contributed by atoms with Crippen molar-refractivity contribution in [1.29, 1.82) is 0 Å². The van der Waals surface area contributed by atoms with Crippen LogP contribution in [0, 0.1) is 0 Å². The smallest absolute Gasteiger partial charge is 0.0589 e. The Hall–Kier alpha value is -0.120. The van der Waals surface area contributed by atoms with Crippen LogP contribution in [0.1, 0.15) is 26.2 Å². The average molecular weight is 186 g/mol. The van der Waals surface area contributed by atoms with Crippen molar-refractivity contribution in [2.75, 3.05) is 26.8 Å². The van der Waals surface area contributed by atoms with Crippen LogP contribution in [0.3, 0.4) is 0 Å². The van der Waals surface area contributed by atoms with Crippen LogP contribution in [0.25, 0.3) is 0 Å². The normalized spacial score (nSPS) is 27.5. The van der Waals surface area contributed by atoms with Gasteiger partial charge in [-0.15, -0.1) is 0 Å². The highest BCUT2D eigenvalue weighted by molar-refractivity contribution is 4.82. The fourth-order valence-corrected chi connectivity index (χ4v) is 2.10. The molecule has 1 heterocycles. The Labute approximate surface area is 81.2 Å². The molecule has 0 aromatic rings. The van der Waals surface area contributed by atoms with E-state index in [0.717, 1.165) is 13.2 Å². The number of nitrogens with two attached hydrogens (primary N) is 1. The maximum Gasteiger partial charge on any atom is 0.0589 e. The van der Waals surface area contributed by atoms with Crippen molar-refractivity contribution in [3.63, 3.8) is 0 Å². The first-order valence-electron chi connectivity index (χ1n) is 5.24. The van der Waals surface area contributed by atoms with Gasteiger partial charge in [0.1, 0.15) is 0 Å². The number of hydrogen-bond donors (Lipinski definition) is 1. The number of ether oxygens (including phenoxy) is 1. The lowest BCUT2D eigenvalue weighted by Gasteiger charge is -2.37. The van der Waals surface area contributed by atoms with Crippen LogP contribution in [0.4, 0.5) is 0 Å². The third-order valence-electron chi connectivity index (χ3n) is 2.85. The molecule has 0 amide bonds. The zero-order valence-electron chi connectivity index (χ0n) is 8.83. The van der Waals surface area contributed by atoms with Crippen LogP contribution in [0.2, 0.25) is 0 Å². The van der Waals surface area contributed by atoms with Gasteiger partial charge in [-0.25, -0.2) is 0 Å². The summed E-state index contributed by atoms with van der Waals surface area (Å²) in [5.74, 6) is 0. The molecule has 0 saturated carbocycles. The molecule has 1 rings (SSSR count). The lowest BCUT2D eigenvalue weighted by Crippen LogP contribution is -2.50. The highest BCUT2D eigenvalue weighted by atomic mass is 16.5. The molecule has 1 fully saturated rings. The first kappa shape index (κ1) is 11.0. The molecular weight excluding hydrogens is 164 g/mol. The second-order valence-corrected chi connectivity index (χ2v) is 3.95. The van der Waals surface area contributed by atoms with Crippen molar-refractivity contribution in [3.8, 4) is 0 Å². The molecule has 2 unspecified atom stereocenters. The molecule has 13 heavy (non-hydrogen) atoms. The van der Waals surface area contributed by atoms with Gasteiger partial charge in [0.05, 0.1) is 6.61 Å². The molecule has 0 aliphatic carbocycles. The van der Waals surface area contributed by atoms with Crippen molar-refractivity contribution in [2.24, 2.45) is 5.73 Å². The molecule has 2 N–H and O–H groups in total. The maximum atomic E-state index is 5.95. The van der Waals surface area contributed by atoms with Crippen molar-refractivity contribution in [2.45, 2.75) is 38.3 Å². The summed E-state index contributed by atoms with van der Waals surface area (Å²) >= 11 is 0. The number of likely N-dealkylation sites (tertiary alicyclic amines) is 1. The second-order valence-electron chi connectivity index (χ2n) is 3.95. The van der Waals surface area contributed by atoms with Crippen LogP contribution in [-0.4, -0.2) is 43.8 Å². The van der Waals surface area contributed by atoms with E-state index in [2.05, 4.69) is 11.8 Å². The predicted octanol–water partition coefficient (Wildman–Crippen LogP) is 0.835. The second kappa shape index (κ2) is 5.58. The molecule has 1 aliphatic heterocycles. The molecule has 0 aromatic carbocycles. The van der Waals surface area contributed by atoms with E-state index in [1.807, 2.05) is 0 Å². The molecule has 3 nitrogen and oxygen atoms in total. The van der Waals surface area contributed by atoms with Crippen molar-refractivity contribution in [3.05, 3.63) is 0 Å². The van der Waals surface area contributed by atoms with E-state index in [0.29, 0.717) is 6.04 Å². The SMILES string of the molecule is COCCN1CCCCC1C(C)N. The fraction of sp³-hybridized carbons (Fsp3) is 1.00. The molecule has 3 heteroatoms. The summed E-state index contributed by atoms with van der Waals surface area (Å²) in [6.45, 7) is 5.15. The Balaban J connectivity index is 2.37. The van der Waals surface area contributed by atoms with E-state index in [1.54, 1.807) is 7.11 Å². The molecule has 1 aliphatic rings. The highest BCUT2D eigenvalue weighted by Gasteiger charge is 2.24. The van der Waals surface area contributed by atoms with Gasteiger partial charge >= 0.3 is 0 Å². The van der Waals surface area contributed by atoms with Gasteiger partial charge in [0.15, 0.2) is 0 Å². The van der Waals surface area contributed by atoms with E-state index in [4.69, 9.17) is 10.5 Å². The number of piperidine rings is 1. The lowest BCUT2D eigenvalue weighted by atomic mass is 9.97. The first-order valence-corrected chi connectivity index (χ1v) is 5.24. The Morgan fingerprint density at radius 2 is 2.31 bits per heavy atom. The summed E-state index contributed by atoms with van der Waals surface area (Å²) in [4.78, 5) is 2.47. The predicted molar refractivity (Wildman–Crippen MR) is 54.7 cm³/mol. The number of hydrogen-bond acceptors (Lipinski definition) is 3. The lowest BCUT2D eigenvalue weighted by molar-refractivity contribution is 0.0866. The number of methoxy groups -OCH3 is 1. The average Bonchev–Trinajstić information content (AvgIpc) is 2.15. The molecule has 0 aromatic heterocycles. The van der Waals surface area contributed by atoms with Crippen LogP contribution in [0.15, 0.2) is 0 Å². The maximum absolute atomic E-state index is 5.95.